The molecule has 0 aliphatic heterocycles. The van der Waals surface area contributed by atoms with Gasteiger partial charge in [-0.2, -0.15) is 0 Å². The number of rotatable bonds is 3. The molecule has 18 heavy (non-hydrogen) atoms. The lowest BCUT2D eigenvalue weighted by atomic mass is 10.1. The standard InChI is InChI=1S/C9H7BrF3NO4/c10-5-4(14)2-1-3(6(15)8(16)17)7(5)18-9(11,12)13/h1-2,6,15H,14H2,(H,16,17). The highest BCUT2D eigenvalue weighted by Crippen LogP contribution is 2.40. The lowest BCUT2D eigenvalue weighted by Gasteiger charge is -2.17. The van der Waals surface area contributed by atoms with Gasteiger partial charge in [-0.25, -0.2) is 4.79 Å². The van der Waals surface area contributed by atoms with Crippen LogP contribution in [0.1, 0.15) is 11.7 Å². The molecule has 0 radical (unpaired) electrons. The number of anilines is 1. The van der Waals surface area contributed by atoms with Gasteiger partial charge >= 0.3 is 12.3 Å². The Hall–Kier alpha value is -1.48. The number of carboxylic acids is 1. The van der Waals surface area contributed by atoms with Gasteiger partial charge in [0, 0.05) is 11.3 Å². The first-order chi connectivity index (χ1) is 8.13. The Bertz CT molecular complexity index is 478. The number of halogens is 4. The molecule has 1 atom stereocenters. The molecule has 0 spiro atoms. The van der Waals surface area contributed by atoms with Crippen molar-refractivity contribution < 1.29 is 32.9 Å². The second-order valence-corrected chi connectivity index (χ2v) is 3.97. The van der Waals surface area contributed by atoms with Crippen LogP contribution in [-0.2, 0) is 4.79 Å². The Kier molecular flexibility index (Phi) is 4.07. The summed E-state index contributed by atoms with van der Waals surface area (Å²) in [6.45, 7) is 0. The number of aliphatic carboxylic acids is 1. The Balaban J connectivity index is 3.34. The molecule has 5 nitrogen and oxygen atoms in total. The van der Waals surface area contributed by atoms with E-state index >= 15 is 0 Å². The first-order valence-corrected chi connectivity index (χ1v) is 5.17. The van der Waals surface area contributed by atoms with Crippen molar-refractivity contribution in [2.45, 2.75) is 12.5 Å². The highest BCUT2D eigenvalue weighted by molar-refractivity contribution is 9.10. The fraction of sp³-hybridized carbons (Fsp3) is 0.222. The van der Waals surface area contributed by atoms with Crippen molar-refractivity contribution in [3.8, 4) is 5.75 Å². The molecular formula is C9H7BrF3NO4. The maximum Gasteiger partial charge on any atom is 0.573 e. The van der Waals surface area contributed by atoms with Crippen molar-refractivity contribution in [1.82, 2.24) is 0 Å². The number of carboxylic acid groups (broad SMARTS) is 1. The maximum absolute atomic E-state index is 12.2. The van der Waals surface area contributed by atoms with Gasteiger partial charge < -0.3 is 20.7 Å². The molecule has 0 saturated carbocycles. The molecule has 1 aromatic rings. The summed E-state index contributed by atoms with van der Waals surface area (Å²) in [6.07, 6.45) is -7.19. The van der Waals surface area contributed by atoms with E-state index in [-0.39, 0.29) is 10.2 Å². The zero-order valence-electron chi connectivity index (χ0n) is 8.53. The summed E-state index contributed by atoms with van der Waals surface area (Å²) in [7, 11) is 0. The lowest BCUT2D eigenvalue weighted by molar-refractivity contribution is -0.275. The topological polar surface area (TPSA) is 92.8 Å². The number of hydrogen-bond donors (Lipinski definition) is 3. The number of alkyl halides is 3. The molecule has 0 aromatic heterocycles. The fourth-order valence-corrected chi connectivity index (χ4v) is 1.60. The van der Waals surface area contributed by atoms with Crippen LogP contribution in [0.4, 0.5) is 18.9 Å². The Morgan fingerprint density at radius 2 is 2.00 bits per heavy atom. The largest absolute Gasteiger partial charge is 0.573 e. The molecule has 0 aliphatic carbocycles. The van der Waals surface area contributed by atoms with Gasteiger partial charge in [0.1, 0.15) is 0 Å². The maximum atomic E-state index is 12.2. The summed E-state index contributed by atoms with van der Waals surface area (Å²) in [5, 5.41) is 17.9. The third kappa shape index (κ3) is 3.26. The van der Waals surface area contributed by atoms with Crippen LogP contribution in [0.2, 0.25) is 0 Å². The zero-order chi connectivity index (χ0) is 14.1. The van der Waals surface area contributed by atoms with Crippen LogP contribution in [0.25, 0.3) is 0 Å². The number of nitrogen functional groups attached to an aromatic ring is 1. The van der Waals surface area contributed by atoms with E-state index in [1.54, 1.807) is 0 Å². The van der Waals surface area contributed by atoms with E-state index in [9.17, 15) is 23.1 Å². The molecule has 0 bridgehead atoms. The molecule has 1 rings (SSSR count). The molecule has 4 N–H and O–H groups in total. The Labute approximate surface area is 107 Å². The van der Waals surface area contributed by atoms with E-state index in [0.717, 1.165) is 12.1 Å². The quantitative estimate of drug-likeness (QED) is 0.738. The Morgan fingerprint density at radius 3 is 2.44 bits per heavy atom. The molecular weight excluding hydrogens is 323 g/mol. The van der Waals surface area contributed by atoms with Crippen molar-refractivity contribution in [3.63, 3.8) is 0 Å². The second kappa shape index (κ2) is 5.02. The van der Waals surface area contributed by atoms with Crippen LogP contribution in [0.15, 0.2) is 16.6 Å². The third-order valence-corrected chi connectivity index (χ3v) is 2.72. The summed E-state index contributed by atoms with van der Waals surface area (Å²) in [5.74, 6) is -2.59. The third-order valence-electron chi connectivity index (χ3n) is 1.90. The molecule has 9 heteroatoms. The molecule has 0 heterocycles. The van der Waals surface area contributed by atoms with Gasteiger partial charge in [-0.1, -0.05) is 0 Å². The van der Waals surface area contributed by atoms with Crippen molar-refractivity contribution in [2.24, 2.45) is 0 Å². The molecule has 100 valence electrons. The average molecular weight is 330 g/mol. The van der Waals surface area contributed by atoms with E-state index in [1.807, 2.05) is 0 Å². The summed E-state index contributed by atoms with van der Waals surface area (Å²) >= 11 is 2.75. The van der Waals surface area contributed by atoms with Gasteiger partial charge in [-0.15, -0.1) is 13.2 Å². The summed E-state index contributed by atoms with van der Waals surface area (Å²) < 4.78 is 39.9. The minimum Gasteiger partial charge on any atom is -0.479 e. The number of hydrogen-bond acceptors (Lipinski definition) is 4. The van der Waals surface area contributed by atoms with E-state index in [2.05, 4.69) is 20.7 Å². The number of nitrogens with two attached hydrogens (primary N) is 1. The monoisotopic (exact) mass is 329 g/mol. The average Bonchev–Trinajstić information content (AvgIpc) is 2.22. The fourth-order valence-electron chi connectivity index (χ4n) is 1.15. The number of aliphatic hydroxyl groups is 1. The normalized spacial score (nSPS) is 13.2. The van der Waals surface area contributed by atoms with Gasteiger partial charge in [-0.3, -0.25) is 0 Å². The van der Waals surface area contributed by atoms with Gasteiger partial charge in [0.05, 0.1) is 4.47 Å². The highest BCUT2D eigenvalue weighted by Gasteiger charge is 2.35. The van der Waals surface area contributed by atoms with Crippen molar-refractivity contribution in [3.05, 3.63) is 22.2 Å². The van der Waals surface area contributed by atoms with Crippen molar-refractivity contribution in [1.29, 1.82) is 0 Å². The second-order valence-electron chi connectivity index (χ2n) is 3.18. The summed E-state index contributed by atoms with van der Waals surface area (Å²) in [6, 6.07) is 2.09. The van der Waals surface area contributed by atoms with Gasteiger partial charge in [0.25, 0.3) is 0 Å². The number of ether oxygens (including phenoxy) is 1. The predicted octanol–water partition coefficient (Wildman–Crippen LogP) is 2.05. The summed E-state index contributed by atoms with van der Waals surface area (Å²) in [5.41, 5.74) is 4.72. The van der Waals surface area contributed by atoms with E-state index in [1.165, 1.54) is 0 Å². The number of aliphatic hydroxyl groups excluding tert-OH is 1. The summed E-state index contributed by atoms with van der Waals surface area (Å²) in [4.78, 5) is 10.6. The Morgan fingerprint density at radius 1 is 1.44 bits per heavy atom. The van der Waals surface area contributed by atoms with E-state index in [4.69, 9.17) is 10.8 Å². The number of benzene rings is 1. The highest BCUT2D eigenvalue weighted by atomic mass is 79.9. The van der Waals surface area contributed by atoms with Crippen LogP contribution in [0.3, 0.4) is 0 Å². The number of carbonyl (C=O) groups is 1. The van der Waals surface area contributed by atoms with Gasteiger partial charge in [0.15, 0.2) is 11.9 Å². The lowest BCUT2D eigenvalue weighted by Crippen LogP contribution is -2.21. The molecule has 0 aliphatic rings. The molecule has 0 amide bonds. The van der Waals surface area contributed by atoms with Gasteiger partial charge in [-0.05, 0) is 28.1 Å². The predicted molar refractivity (Wildman–Crippen MR) is 57.8 cm³/mol. The molecule has 0 saturated heterocycles. The zero-order valence-corrected chi connectivity index (χ0v) is 10.1. The first-order valence-electron chi connectivity index (χ1n) is 4.38. The smallest absolute Gasteiger partial charge is 0.479 e. The first kappa shape index (κ1) is 14.6. The van der Waals surface area contributed by atoms with Crippen LogP contribution in [0.5, 0.6) is 5.75 Å². The van der Waals surface area contributed by atoms with Gasteiger partial charge in [0.2, 0.25) is 0 Å². The van der Waals surface area contributed by atoms with Crippen LogP contribution in [0, 0.1) is 0 Å². The molecule has 1 unspecified atom stereocenters. The molecule has 1 aromatic carbocycles. The van der Waals surface area contributed by atoms with E-state index in [0.29, 0.717) is 0 Å². The van der Waals surface area contributed by atoms with E-state index < -0.39 is 29.7 Å². The van der Waals surface area contributed by atoms with Crippen molar-refractivity contribution >= 4 is 27.6 Å². The van der Waals surface area contributed by atoms with Crippen molar-refractivity contribution in [2.75, 3.05) is 5.73 Å². The van der Waals surface area contributed by atoms with Crippen LogP contribution >= 0.6 is 15.9 Å². The van der Waals surface area contributed by atoms with Crippen LogP contribution in [-0.4, -0.2) is 22.5 Å². The molecule has 0 fully saturated rings. The van der Waals surface area contributed by atoms with Crippen LogP contribution < -0.4 is 10.5 Å². The SMILES string of the molecule is Nc1ccc(C(O)C(=O)O)c(OC(F)(F)F)c1Br. The minimum absolute atomic E-state index is 0.0874. The minimum atomic E-state index is -5.04.